The minimum atomic E-state index is -4.62. The minimum Gasteiger partial charge on any atom is -0.478 e. The third-order valence-corrected chi connectivity index (χ3v) is 7.29. The van der Waals surface area contributed by atoms with Crippen LogP contribution in [0.4, 0.5) is 13.2 Å². The van der Waals surface area contributed by atoms with Gasteiger partial charge in [0.25, 0.3) is 0 Å². The first-order valence-electron chi connectivity index (χ1n) is 15.3. The highest BCUT2D eigenvalue weighted by Gasteiger charge is 2.34. The third-order valence-electron chi connectivity index (χ3n) is 7.29. The first-order chi connectivity index (χ1) is 20.7. The summed E-state index contributed by atoms with van der Waals surface area (Å²) in [5.74, 6) is -0.0364. The van der Waals surface area contributed by atoms with Gasteiger partial charge in [0.05, 0.1) is 30.5 Å². The number of esters is 1. The number of benzene rings is 1. The number of unbranched alkanes of at least 4 members (excludes halogenated alkanes) is 10. The van der Waals surface area contributed by atoms with Crippen LogP contribution in [0.25, 0.3) is 22.1 Å². The third kappa shape index (κ3) is 11.2. The molecule has 2 aromatic heterocycles. The van der Waals surface area contributed by atoms with Crippen molar-refractivity contribution in [3.05, 3.63) is 70.7 Å². The summed E-state index contributed by atoms with van der Waals surface area (Å²) in [7, 11) is 0. The number of hydrogen-bond donors (Lipinski definition) is 0. The van der Waals surface area contributed by atoms with E-state index in [1.807, 2.05) is 6.92 Å². The van der Waals surface area contributed by atoms with Gasteiger partial charge in [-0.1, -0.05) is 83.4 Å². The first-order valence-corrected chi connectivity index (χ1v) is 15.3. The molecule has 0 saturated carbocycles. The number of fused-ring (bicyclic) bond motifs is 1. The molecule has 43 heavy (non-hydrogen) atoms. The number of halogens is 3. The molecule has 0 bridgehead atoms. The number of pyridine rings is 1. The average molecular weight is 602 g/mol. The molecule has 2 heterocycles. The molecular weight excluding hydrogens is 559 g/mol. The summed E-state index contributed by atoms with van der Waals surface area (Å²) in [6.45, 7) is 6.27. The van der Waals surface area contributed by atoms with Gasteiger partial charge >= 0.3 is 17.8 Å². The lowest BCUT2D eigenvalue weighted by molar-refractivity contribution is -0.138. The fraction of sp³-hybridized carbons (Fsp3) is 0.500. The van der Waals surface area contributed by atoms with E-state index in [-0.39, 0.29) is 22.7 Å². The van der Waals surface area contributed by atoms with Crippen LogP contribution in [0.1, 0.15) is 95.1 Å². The van der Waals surface area contributed by atoms with Crippen molar-refractivity contribution in [2.24, 2.45) is 0 Å². The molecule has 9 heteroatoms. The second kappa shape index (κ2) is 17.5. The summed E-state index contributed by atoms with van der Waals surface area (Å²) in [6, 6.07) is 7.14. The van der Waals surface area contributed by atoms with Crippen molar-refractivity contribution in [1.82, 2.24) is 4.98 Å². The van der Waals surface area contributed by atoms with Gasteiger partial charge in [0.1, 0.15) is 0 Å². The number of alkyl halides is 3. The van der Waals surface area contributed by atoms with Crippen LogP contribution in [0.5, 0.6) is 5.88 Å². The molecule has 0 radical (unpaired) electrons. The van der Waals surface area contributed by atoms with Crippen molar-refractivity contribution in [1.29, 1.82) is 0 Å². The van der Waals surface area contributed by atoms with E-state index in [4.69, 9.17) is 13.9 Å². The fourth-order valence-corrected chi connectivity index (χ4v) is 4.90. The lowest BCUT2D eigenvalue weighted by Crippen LogP contribution is -2.12. The molecule has 3 aromatic rings. The van der Waals surface area contributed by atoms with Crippen LogP contribution in [0.3, 0.4) is 0 Å². The zero-order valence-electron chi connectivity index (χ0n) is 25.0. The van der Waals surface area contributed by atoms with Gasteiger partial charge in [-0.2, -0.15) is 13.2 Å². The maximum atomic E-state index is 14.0. The van der Waals surface area contributed by atoms with Crippen molar-refractivity contribution < 1.29 is 31.9 Å². The Bertz CT molecular complexity index is 1380. The number of carbonyl (C=O) groups excluding carboxylic acids is 1. The number of hydrogen-bond acceptors (Lipinski definition) is 6. The molecule has 0 amide bonds. The number of rotatable bonds is 19. The van der Waals surface area contributed by atoms with E-state index in [0.29, 0.717) is 36.5 Å². The molecule has 1 aromatic carbocycles. The van der Waals surface area contributed by atoms with E-state index in [0.717, 1.165) is 63.9 Å². The molecule has 0 atom stereocenters. The van der Waals surface area contributed by atoms with Crippen LogP contribution >= 0.6 is 0 Å². The SMILES string of the molecule is C=CC(=O)OCCCCCCCCCCCCOc1cc2cc(-c3ccc(CCCC)cc3C(F)(F)F)c(=O)oc2cn1. The van der Waals surface area contributed by atoms with E-state index in [1.54, 1.807) is 12.1 Å². The molecule has 0 fully saturated rings. The van der Waals surface area contributed by atoms with Crippen LogP contribution in [-0.4, -0.2) is 24.2 Å². The summed E-state index contributed by atoms with van der Waals surface area (Å²) in [4.78, 5) is 27.8. The van der Waals surface area contributed by atoms with Gasteiger partial charge < -0.3 is 13.9 Å². The van der Waals surface area contributed by atoms with Crippen LogP contribution in [0, 0.1) is 0 Å². The number of ether oxygens (including phenoxy) is 2. The number of nitrogens with zero attached hydrogens (tertiary/aromatic N) is 1. The molecule has 0 saturated heterocycles. The average Bonchev–Trinajstić information content (AvgIpc) is 2.99. The predicted octanol–water partition coefficient (Wildman–Crippen LogP) is 9.23. The van der Waals surface area contributed by atoms with Gasteiger partial charge in [-0.05, 0) is 43.4 Å². The fourth-order valence-electron chi connectivity index (χ4n) is 4.90. The number of aryl methyl sites for hydroxylation is 1. The maximum Gasteiger partial charge on any atom is 0.417 e. The normalized spacial score (nSPS) is 11.5. The molecule has 0 unspecified atom stereocenters. The zero-order chi connectivity index (χ0) is 31.1. The van der Waals surface area contributed by atoms with Crippen LogP contribution in [-0.2, 0) is 22.1 Å². The first kappa shape index (κ1) is 33.9. The Hall–Kier alpha value is -3.62. The second-order valence-corrected chi connectivity index (χ2v) is 10.7. The summed E-state index contributed by atoms with van der Waals surface area (Å²) < 4.78 is 58.0. The summed E-state index contributed by atoms with van der Waals surface area (Å²) in [5.41, 5.74) is -1.27. The van der Waals surface area contributed by atoms with E-state index in [9.17, 15) is 22.8 Å². The van der Waals surface area contributed by atoms with Gasteiger partial charge in [-0.15, -0.1) is 0 Å². The van der Waals surface area contributed by atoms with E-state index in [1.165, 1.54) is 43.7 Å². The van der Waals surface area contributed by atoms with Crippen molar-refractivity contribution in [2.45, 2.75) is 96.6 Å². The minimum absolute atomic E-state index is 0.145. The topological polar surface area (TPSA) is 78.6 Å². The van der Waals surface area contributed by atoms with E-state index in [2.05, 4.69) is 11.6 Å². The van der Waals surface area contributed by atoms with Crippen molar-refractivity contribution in [3.8, 4) is 17.0 Å². The number of carbonyl (C=O) groups is 1. The van der Waals surface area contributed by atoms with E-state index < -0.39 is 17.4 Å². The molecule has 0 aliphatic heterocycles. The van der Waals surface area contributed by atoms with E-state index >= 15 is 0 Å². The Morgan fingerprint density at radius 3 is 2.19 bits per heavy atom. The Kier molecular flexibility index (Phi) is 13.8. The highest BCUT2D eigenvalue weighted by molar-refractivity contribution is 5.83. The number of aromatic nitrogens is 1. The van der Waals surface area contributed by atoms with Gasteiger partial charge in [0.2, 0.25) is 5.88 Å². The lowest BCUT2D eigenvalue weighted by atomic mass is 9.96. The summed E-state index contributed by atoms with van der Waals surface area (Å²) in [6.07, 6.45) is 10.9. The Labute approximate surface area is 251 Å². The van der Waals surface area contributed by atoms with Gasteiger partial charge in [-0.3, -0.25) is 0 Å². The molecule has 0 aliphatic rings. The van der Waals surface area contributed by atoms with Crippen LogP contribution in [0.15, 0.2) is 58.4 Å². The van der Waals surface area contributed by atoms with Crippen molar-refractivity contribution >= 4 is 16.9 Å². The zero-order valence-corrected chi connectivity index (χ0v) is 25.0. The lowest BCUT2D eigenvalue weighted by Gasteiger charge is -2.14. The smallest absolute Gasteiger partial charge is 0.417 e. The summed E-state index contributed by atoms with van der Waals surface area (Å²) >= 11 is 0. The monoisotopic (exact) mass is 601 g/mol. The quantitative estimate of drug-likeness (QED) is 0.0774. The second-order valence-electron chi connectivity index (χ2n) is 10.7. The molecular formula is C34H42F3NO5. The van der Waals surface area contributed by atoms with Crippen LogP contribution < -0.4 is 10.4 Å². The van der Waals surface area contributed by atoms with Gasteiger partial charge in [0, 0.05) is 23.1 Å². The standard InChI is InChI=1S/C34H42F3NO5/c1-3-5-16-25-17-18-27(29(21-25)34(35,36)37)28-22-26-23-31(38-24-30(26)43-33(28)40)41-19-14-12-10-8-6-7-9-11-13-15-20-42-32(39)4-2/h4,17-18,21-24H,2-3,5-16,19-20H2,1H3. The Morgan fingerprint density at radius 2 is 1.56 bits per heavy atom. The molecule has 234 valence electrons. The highest BCUT2D eigenvalue weighted by atomic mass is 19.4. The maximum absolute atomic E-state index is 14.0. The Balaban J connectivity index is 1.46. The van der Waals surface area contributed by atoms with Crippen molar-refractivity contribution in [3.63, 3.8) is 0 Å². The van der Waals surface area contributed by atoms with Gasteiger partial charge in [0.15, 0.2) is 5.58 Å². The molecule has 0 spiro atoms. The predicted molar refractivity (Wildman–Crippen MR) is 162 cm³/mol. The van der Waals surface area contributed by atoms with Crippen LogP contribution in [0.2, 0.25) is 0 Å². The molecule has 3 rings (SSSR count). The van der Waals surface area contributed by atoms with Crippen molar-refractivity contribution in [2.75, 3.05) is 13.2 Å². The molecule has 0 aliphatic carbocycles. The Morgan fingerprint density at radius 1 is 0.907 bits per heavy atom. The summed E-state index contributed by atoms with van der Waals surface area (Å²) in [5, 5.41) is 0.445. The molecule has 0 N–H and O–H groups in total. The molecule has 6 nitrogen and oxygen atoms in total. The van der Waals surface area contributed by atoms with Gasteiger partial charge in [-0.25, -0.2) is 14.6 Å². The highest BCUT2D eigenvalue weighted by Crippen LogP contribution is 2.38. The largest absolute Gasteiger partial charge is 0.478 e.